The smallest absolute Gasteiger partial charge is 0.136 e. The van der Waals surface area contributed by atoms with E-state index >= 15 is 0 Å². The topological polar surface area (TPSA) is 97.9 Å². The molecule has 352 valence electrons. The summed E-state index contributed by atoms with van der Waals surface area (Å²) < 4.78 is 26.7. The molecule has 0 fully saturated rings. The molecule has 1 aliphatic heterocycles. The Morgan fingerprint density at radius 1 is 0.368 bits per heavy atom. The van der Waals surface area contributed by atoms with Crippen LogP contribution in [0, 0.1) is 22.7 Å². The SMILES string of the molecule is N#Cc1c(C#N)c(-n2c3ccccc3c3c4c(ccc32)oc2ccccc24)c(-n2c3ccccc3c3c4c(ccc32)oc2ccccc24)c(-c2ccccc2)c1-n1c2ccccc2c2c3c(ccc21)OC1C=CC=CC31. The lowest BCUT2D eigenvalue weighted by Crippen LogP contribution is -2.15. The molecular formula is C68H37N5O3. The maximum Gasteiger partial charge on any atom is 0.136 e. The van der Waals surface area contributed by atoms with Gasteiger partial charge in [0.15, 0.2) is 0 Å². The lowest BCUT2D eigenvalue weighted by atomic mass is 9.89. The standard InChI is InChI=1S/C68H37N5O3/c69-36-45-46(37-70)67(72-48-25-11-5-19-40(48)61-51(72)31-34-57-64(61)43-22-8-14-28-54(43)75-57)68(73-49-26-12-6-20-41(49)62-52(73)32-35-58-65(62)44-23-9-15-29-55(44)76-58)59(38-16-2-1-3-17-38)66(45)71-47-24-10-4-18-39(47)60-50(71)30-33-56-63(60)42-21-7-13-27-53(42)74-56/h1-35,42,53H. The van der Waals surface area contributed by atoms with E-state index in [1.807, 2.05) is 42.5 Å². The Hall–Kier alpha value is -10.5. The Morgan fingerprint density at radius 3 is 1.42 bits per heavy atom. The van der Waals surface area contributed by atoms with Crippen LogP contribution < -0.4 is 4.74 Å². The summed E-state index contributed by atoms with van der Waals surface area (Å²) >= 11 is 0. The fourth-order valence-electron chi connectivity index (χ4n) is 13.3. The van der Waals surface area contributed by atoms with Crippen molar-refractivity contribution >= 4 is 109 Å². The number of nitriles is 2. The Morgan fingerprint density at radius 2 is 0.829 bits per heavy atom. The van der Waals surface area contributed by atoms with Crippen LogP contribution in [0.1, 0.15) is 22.6 Å². The molecule has 0 saturated heterocycles. The molecule has 6 heterocycles. The zero-order valence-electron chi connectivity index (χ0n) is 40.3. The highest BCUT2D eigenvalue weighted by atomic mass is 16.5. The van der Waals surface area contributed by atoms with Crippen LogP contribution in [0.5, 0.6) is 5.75 Å². The third-order valence-corrected chi connectivity index (χ3v) is 16.3. The van der Waals surface area contributed by atoms with Gasteiger partial charge in [0.25, 0.3) is 0 Å². The van der Waals surface area contributed by atoms with E-state index < -0.39 is 0 Å². The number of nitrogens with zero attached hydrogens (tertiary/aromatic N) is 5. The maximum absolute atomic E-state index is 12.3. The van der Waals surface area contributed by atoms with Gasteiger partial charge in [-0.1, -0.05) is 140 Å². The van der Waals surface area contributed by atoms with Crippen molar-refractivity contribution in [2.75, 3.05) is 0 Å². The number of benzene rings is 10. The van der Waals surface area contributed by atoms with Crippen LogP contribution in [0.25, 0.3) is 137 Å². The summed E-state index contributed by atoms with van der Waals surface area (Å²) in [7, 11) is 0. The van der Waals surface area contributed by atoms with E-state index in [1.54, 1.807) is 0 Å². The number of rotatable bonds is 4. The number of hydrogen-bond acceptors (Lipinski definition) is 5. The van der Waals surface area contributed by atoms with Gasteiger partial charge in [-0.3, -0.25) is 0 Å². The average Bonchev–Trinajstić information content (AvgIpc) is 4.35. The molecule has 2 unspecified atom stereocenters. The lowest BCUT2D eigenvalue weighted by molar-refractivity contribution is 0.269. The second-order valence-electron chi connectivity index (χ2n) is 19.9. The van der Waals surface area contributed by atoms with Crippen molar-refractivity contribution < 1.29 is 13.6 Å². The second kappa shape index (κ2) is 15.0. The number of ether oxygens (including phenoxy) is 1. The van der Waals surface area contributed by atoms with Crippen LogP contribution in [-0.2, 0) is 0 Å². The van der Waals surface area contributed by atoms with Gasteiger partial charge in [0, 0.05) is 70.9 Å². The highest BCUT2D eigenvalue weighted by molar-refractivity contribution is 6.29. The van der Waals surface area contributed by atoms with Gasteiger partial charge in [-0.15, -0.1) is 0 Å². The van der Waals surface area contributed by atoms with Crippen LogP contribution in [0.4, 0.5) is 0 Å². The van der Waals surface area contributed by atoms with Gasteiger partial charge in [-0.05, 0) is 78.4 Å². The first-order valence-corrected chi connectivity index (χ1v) is 25.5. The molecule has 8 heteroatoms. The zero-order valence-corrected chi connectivity index (χ0v) is 40.3. The number of aromatic nitrogens is 3. The Labute approximate surface area is 432 Å². The third kappa shape index (κ3) is 5.19. The number of fused-ring (bicyclic) bond motifs is 21. The lowest BCUT2D eigenvalue weighted by Gasteiger charge is -2.27. The van der Waals surface area contributed by atoms with Crippen molar-refractivity contribution in [3.8, 4) is 46.1 Å². The van der Waals surface area contributed by atoms with Gasteiger partial charge in [-0.2, -0.15) is 10.5 Å². The van der Waals surface area contributed by atoms with Crippen molar-refractivity contribution in [1.29, 1.82) is 10.5 Å². The van der Waals surface area contributed by atoms with Crippen molar-refractivity contribution in [1.82, 2.24) is 13.7 Å². The molecule has 0 radical (unpaired) electrons. The van der Waals surface area contributed by atoms with Gasteiger partial charge >= 0.3 is 0 Å². The quantitative estimate of drug-likeness (QED) is 0.175. The monoisotopic (exact) mass is 971 g/mol. The van der Waals surface area contributed by atoms with E-state index in [0.717, 1.165) is 137 Å². The summed E-state index contributed by atoms with van der Waals surface area (Å²) in [6.07, 6.45) is 8.37. The molecule has 0 amide bonds. The maximum atomic E-state index is 12.3. The van der Waals surface area contributed by atoms with Crippen molar-refractivity contribution in [3.05, 3.63) is 229 Å². The van der Waals surface area contributed by atoms with E-state index in [-0.39, 0.29) is 23.1 Å². The fraction of sp³-hybridized carbons (Fsp3) is 0.0294. The number of para-hydroxylation sites is 5. The molecule has 76 heavy (non-hydrogen) atoms. The van der Waals surface area contributed by atoms with Crippen LogP contribution in [-0.4, -0.2) is 19.8 Å². The predicted molar refractivity (Wildman–Crippen MR) is 304 cm³/mol. The Balaban J connectivity index is 1.14. The summed E-state index contributed by atoms with van der Waals surface area (Å²) in [5.74, 6) is 0.829. The molecule has 15 aromatic rings. The normalized spacial score (nSPS) is 15.1. The number of hydrogen-bond donors (Lipinski definition) is 0. The van der Waals surface area contributed by atoms with Gasteiger partial charge in [-0.25, -0.2) is 0 Å². The largest absolute Gasteiger partial charge is 0.485 e. The molecule has 0 spiro atoms. The van der Waals surface area contributed by atoms with E-state index in [0.29, 0.717) is 11.4 Å². The summed E-state index contributed by atoms with van der Waals surface area (Å²) in [4.78, 5) is 0. The van der Waals surface area contributed by atoms with Gasteiger partial charge in [0.1, 0.15) is 46.3 Å². The van der Waals surface area contributed by atoms with E-state index in [4.69, 9.17) is 13.6 Å². The van der Waals surface area contributed by atoms with Crippen LogP contribution in [0.2, 0.25) is 0 Å². The predicted octanol–water partition coefficient (Wildman–Crippen LogP) is 17.2. The molecule has 17 rings (SSSR count). The minimum Gasteiger partial charge on any atom is -0.485 e. The molecule has 2 atom stereocenters. The Bertz CT molecular complexity index is 5260. The van der Waals surface area contributed by atoms with Gasteiger partial charge < -0.3 is 27.3 Å². The van der Waals surface area contributed by atoms with E-state index in [1.165, 1.54) is 0 Å². The molecule has 8 nitrogen and oxygen atoms in total. The summed E-state index contributed by atoms with van der Waals surface area (Å²) in [6.45, 7) is 0. The van der Waals surface area contributed by atoms with Crippen molar-refractivity contribution in [2.24, 2.45) is 0 Å². The highest BCUT2D eigenvalue weighted by Gasteiger charge is 2.38. The Kier molecular flexibility index (Phi) is 8.10. The van der Waals surface area contributed by atoms with E-state index in [2.05, 4.69) is 196 Å². The molecular weight excluding hydrogens is 935 g/mol. The van der Waals surface area contributed by atoms with Gasteiger partial charge in [0.2, 0.25) is 0 Å². The molecule has 5 aromatic heterocycles. The minimum absolute atomic E-state index is 0.0119. The first-order chi connectivity index (χ1) is 37.7. The van der Waals surface area contributed by atoms with Gasteiger partial charge in [0.05, 0.1) is 61.3 Å². The van der Waals surface area contributed by atoms with Crippen molar-refractivity contribution in [2.45, 2.75) is 12.0 Å². The van der Waals surface area contributed by atoms with E-state index in [9.17, 15) is 10.5 Å². The first kappa shape index (κ1) is 41.0. The first-order valence-electron chi connectivity index (χ1n) is 25.5. The molecule has 1 aliphatic carbocycles. The highest BCUT2D eigenvalue weighted by Crippen LogP contribution is 2.54. The summed E-state index contributed by atoms with van der Waals surface area (Å²) in [5, 5.41) is 34.6. The number of furan rings is 2. The van der Waals surface area contributed by atoms with Crippen LogP contribution >= 0.6 is 0 Å². The molecule has 0 N–H and O–H groups in total. The summed E-state index contributed by atoms with van der Waals surface area (Å²) in [5.41, 5.74) is 13.7. The number of allylic oxidation sites excluding steroid dienone is 2. The molecule has 0 saturated carbocycles. The average molecular weight is 972 g/mol. The van der Waals surface area contributed by atoms with Crippen LogP contribution in [0.3, 0.4) is 0 Å². The van der Waals surface area contributed by atoms with Crippen molar-refractivity contribution in [3.63, 3.8) is 0 Å². The summed E-state index contributed by atoms with van der Waals surface area (Å²) in [6, 6.07) is 70.2. The zero-order chi connectivity index (χ0) is 49.9. The molecule has 2 aliphatic rings. The minimum atomic E-state index is -0.139. The third-order valence-electron chi connectivity index (χ3n) is 16.3. The second-order valence-corrected chi connectivity index (χ2v) is 19.9. The van der Waals surface area contributed by atoms with Crippen LogP contribution in [0.15, 0.2) is 221 Å². The fourth-order valence-corrected chi connectivity index (χ4v) is 13.3. The molecule has 0 bridgehead atoms. The molecule has 10 aromatic carbocycles.